The molecule has 0 amide bonds. The number of allylic oxidation sites excluding steroid dienone is 2. The number of nitrogens with zero attached hydrogens (tertiary/aromatic N) is 1. The average Bonchev–Trinajstić information content (AvgIpc) is 2.95. The molecule has 0 aromatic heterocycles. The van der Waals surface area contributed by atoms with Crippen LogP contribution in [0.1, 0.15) is 70.8 Å². The molecule has 1 atom stereocenters. The van der Waals surface area contributed by atoms with Gasteiger partial charge in [0.2, 0.25) is 0 Å². The Kier molecular flexibility index (Phi) is 6.71. The largest absolute Gasteiger partial charge is 0.295 e. The second kappa shape index (κ2) is 8.76. The summed E-state index contributed by atoms with van der Waals surface area (Å²) in [5.41, 5.74) is 2.95. The molecule has 0 saturated heterocycles. The lowest BCUT2D eigenvalue weighted by atomic mass is 9.89. The topological polar surface area (TPSA) is 60.2 Å². The first kappa shape index (κ1) is 18.4. The van der Waals surface area contributed by atoms with Crippen molar-refractivity contribution in [3.63, 3.8) is 0 Å². The van der Waals surface area contributed by atoms with E-state index in [0.717, 1.165) is 29.6 Å². The quantitative estimate of drug-likeness (QED) is 0.266. The zero-order chi connectivity index (χ0) is 17.5. The number of unbranched alkanes of at least 4 members (excludes halogenated alkanes) is 4. The van der Waals surface area contributed by atoms with Crippen LogP contribution in [0.25, 0.3) is 5.57 Å². The molecule has 0 heterocycles. The molecule has 1 fully saturated rings. The van der Waals surface area contributed by atoms with Gasteiger partial charge >= 0.3 is 0 Å². The first-order valence-corrected chi connectivity index (χ1v) is 9.03. The van der Waals surface area contributed by atoms with Crippen molar-refractivity contribution in [3.8, 4) is 0 Å². The lowest BCUT2D eigenvalue weighted by Crippen LogP contribution is -2.05. The smallest absolute Gasteiger partial charge is 0.269 e. The summed E-state index contributed by atoms with van der Waals surface area (Å²) in [4.78, 5) is 22.7. The number of nitro benzene ring substituents is 1. The van der Waals surface area contributed by atoms with Crippen molar-refractivity contribution in [2.45, 2.75) is 65.2 Å². The predicted octanol–water partition coefficient (Wildman–Crippen LogP) is 5.71. The van der Waals surface area contributed by atoms with Gasteiger partial charge in [0.25, 0.3) is 5.69 Å². The Morgan fingerprint density at radius 3 is 2.46 bits per heavy atom. The van der Waals surface area contributed by atoms with Crippen LogP contribution >= 0.6 is 0 Å². The van der Waals surface area contributed by atoms with Gasteiger partial charge in [-0.05, 0) is 49.0 Å². The Labute approximate surface area is 144 Å². The van der Waals surface area contributed by atoms with E-state index in [1.54, 1.807) is 12.1 Å². The lowest BCUT2D eigenvalue weighted by Gasteiger charge is -2.14. The van der Waals surface area contributed by atoms with Gasteiger partial charge in [-0.3, -0.25) is 14.9 Å². The standard InChI is InChI=1S/C20H27NO3/c1-3-4-5-6-7-8-17-11-14-19(22)20(17)15(2)16-9-12-18(13-10-16)21(23)24/h9-10,12-13,17H,3-8,11,14H2,1-2H3/b20-15+. The fourth-order valence-electron chi connectivity index (χ4n) is 3.60. The van der Waals surface area contributed by atoms with Crippen molar-refractivity contribution in [3.05, 3.63) is 45.5 Å². The number of hydrogen-bond donors (Lipinski definition) is 0. The summed E-state index contributed by atoms with van der Waals surface area (Å²) in [6.07, 6.45) is 8.88. The number of non-ortho nitro benzene ring substituents is 1. The molecule has 0 N–H and O–H groups in total. The van der Waals surface area contributed by atoms with Crippen molar-refractivity contribution in [2.75, 3.05) is 0 Å². The molecule has 1 aliphatic carbocycles. The first-order valence-electron chi connectivity index (χ1n) is 9.03. The maximum Gasteiger partial charge on any atom is 0.269 e. The minimum atomic E-state index is -0.397. The van der Waals surface area contributed by atoms with E-state index in [1.165, 1.54) is 44.2 Å². The van der Waals surface area contributed by atoms with Crippen LogP contribution in [0, 0.1) is 16.0 Å². The summed E-state index contributed by atoms with van der Waals surface area (Å²) < 4.78 is 0. The summed E-state index contributed by atoms with van der Waals surface area (Å²) in [7, 11) is 0. The Hall–Kier alpha value is -1.97. The monoisotopic (exact) mass is 329 g/mol. The van der Waals surface area contributed by atoms with Gasteiger partial charge in [-0.1, -0.05) is 39.0 Å². The number of carbonyl (C=O) groups excluding carboxylic acids is 1. The molecule has 0 spiro atoms. The number of hydrogen-bond acceptors (Lipinski definition) is 3. The van der Waals surface area contributed by atoms with E-state index >= 15 is 0 Å². The molecule has 0 aliphatic heterocycles. The van der Waals surface area contributed by atoms with Gasteiger partial charge in [0, 0.05) is 24.1 Å². The van der Waals surface area contributed by atoms with Crippen LogP contribution in [0.2, 0.25) is 0 Å². The zero-order valence-corrected chi connectivity index (χ0v) is 14.7. The molecule has 1 aromatic carbocycles. The summed E-state index contributed by atoms with van der Waals surface area (Å²) >= 11 is 0. The summed E-state index contributed by atoms with van der Waals surface area (Å²) in [6, 6.07) is 6.53. The fraction of sp³-hybridized carbons (Fsp3) is 0.550. The predicted molar refractivity (Wildman–Crippen MR) is 96.8 cm³/mol. The van der Waals surface area contributed by atoms with Gasteiger partial charge in [-0.25, -0.2) is 0 Å². The Bertz CT molecular complexity index is 616. The number of benzene rings is 1. The molecule has 130 valence electrons. The minimum absolute atomic E-state index is 0.0850. The van der Waals surface area contributed by atoms with Gasteiger partial charge < -0.3 is 0 Å². The van der Waals surface area contributed by atoms with Gasteiger partial charge in [0.15, 0.2) is 5.78 Å². The van der Waals surface area contributed by atoms with E-state index in [1.807, 2.05) is 6.92 Å². The first-order chi connectivity index (χ1) is 11.5. The van der Waals surface area contributed by atoms with Crippen molar-refractivity contribution in [2.24, 2.45) is 5.92 Å². The highest BCUT2D eigenvalue weighted by Crippen LogP contribution is 2.37. The molecule has 24 heavy (non-hydrogen) atoms. The molecule has 2 rings (SSSR count). The molecular weight excluding hydrogens is 302 g/mol. The molecule has 1 saturated carbocycles. The summed E-state index contributed by atoms with van der Waals surface area (Å²) in [5.74, 6) is 0.610. The summed E-state index contributed by atoms with van der Waals surface area (Å²) in [5, 5.41) is 10.8. The Morgan fingerprint density at radius 1 is 1.17 bits per heavy atom. The van der Waals surface area contributed by atoms with Crippen molar-refractivity contribution in [1.29, 1.82) is 0 Å². The van der Waals surface area contributed by atoms with Gasteiger partial charge in [-0.15, -0.1) is 0 Å². The number of Topliss-reactive ketones (excluding diaryl/α,β-unsaturated/α-hetero) is 1. The van der Waals surface area contributed by atoms with E-state index in [0.29, 0.717) is 12.3 Å². The van der Waals surface area contributed by atoms with Gasteiger partial charge in [-0.2, -0.15) is 0 Å². The third-order valence-corrected chi connectivity index (χ3v) is 5.00. The van der Waals surface area contributed by atoms with E-state index in [-0.39, 0.29) is 11.5 Å². The van der Waals surface area contributed by atoms with Crippen LogP contribution in [-0.4, -0.2) is 10.7 Å². The summed E-state index contributed by atoms with van der Waals surface area (Å²) in [6.45, 7) is 4.19. The van der Waals surface area contributed by atoms with Crippen LogP contribution in [0.5, 0.6) is 0 Å². The van der Waals surface area contributed by atoms with Crippen LogP contribution < -0.4 is 0 Å². The highest BCUT2D eigenvalue weighted by molar-refractivity contribution is 6.04. The normalized spacial score (nSPS) is 19.6. The number of rotatable bonds is 8. The molecule has 1 aliphatic rings. The van der Waals surface area contributed by atoms with E-state index in [2.05, 4.69) is 6.92 Å². The molecular formula is C20H27NO3. The van der Waals surface area contributed by atoms with E-state index in [9.17, 15) is 14.9 Å². The Morgan fingerprint density at radius 2 is 1.83 bits per heavy atom. The molecule has 4 nitrogen and oxygen atoms in total. The van der Waals surface area contributed by atoms with Crippen LogP contribution in [0.15, 0.2) is 29.8 Å². The van der Waals surface area contributed by atoms with Crippen LogP contribution in [0.4, 0.5) is 5.69 Å². The molecule has 4 heteroatoms. The highest BCUT2D eigenvalue weighted by Gasteiger charge is 2.30. The third kappa shape index (κ3) is 4.53. The lowest BCUT2D eigenvalue weighted by molar-refractivity contribution is -0.384. The van der Waals surface area contributed by atoms with Gasteiger partial charge in [0.05, 0.1) is 4.92 Å². The number of carbonyl (C=O) groups is 1. The van der Waals surface area contributed by atoms with Crippen LogP contribution in [0.3, 0.4) is 0 Å². The van der Waals surface area contributed by atoms with Crippen molar-refractivity contribution in [1.82, 2.24) is 0 Å². The highest BCUT2D eigenvalue weighted by atomic mass is 16.6. The maximum absolute atomic E-state index is 12.3. The second-order valence-electron chi connectivity index (χ2n) is 6.70. The Balaban J connectivity index is 2.10. The van der Waals surface area contributed by atoms with Crippen molar-refractivity contribution < 1.29 is 9.72 Å². The minimum Gasteiger partial charge on any atom is -0.295 e. The molecule has 0 bridgehead atoms. The number of nitro groups is 1. The van der Waals surface area contributed by atoms with E-state index < -0.39 is 4.92 Å². The fourth-order valence-corrected chi connectivity index (χ4v) is 3.60. The molecule has 1 aromatic rings. The van der Waals surface area contributed by atoms with Crippen molar-refractivity contribution >= 4 is 17.0 Å². The van der Waals surface area contributed by atoms with Gasteiger partial charge in [0.1, 0.15) is 0 Å². The third-order valence-electron chi connectivity index (χ3n) is 5.00. The molecule has 1 unspecified atom stereocenters. The van der Waals surface area contributed by atoms with E-state index in [4.69, 9.17) is 0 Å². The number of ketones is 1. The van der Waals surface area contributed by atoms with Crippen LogP contribution in [-0.2, 0) is 4.79 Å². The molecule has 0 radical (unpaired) electrons. The average molecular weight is 329 g/mol. The maximum atomic E-state index is 12.3. The zero-order valence-electron chi connectivity index (χ0n) is 14.7. The second-order valence-corrected chi connectivity index (χ2v) is 6.70. The SMILES string of the molecule is CCCCCCCC1CCC(=O)/C1=C(\C)c1ccc([N+](=O)[O-])cc1.